The molecule has 2 aromatic carbocycles. The Morgan fingerprint density at radius 2 is 1.91 bits per heavy atom. The summed E-state index contributed by atoms with van der Waals surface area (Å²) in [7, 11) is 0. The summed E-state index contributed by atoms with van der Waals surface area (Å²) in [6.45, 7) is 0.469. The molecule has 0 unspecified atom stereocenters. The molecule has 1 amide bonds. The van der Waals surface area contributed by atoms with Gasteiger partial charge in [0.05, 0.1) is 18.0 Å². The fraction of sp³-hybridized carbons (Fsp3) is 0.188. The number of carbonyl (C=O) groups is 1. The Kier molecular flexibility index (Phi) is 6.21. The van der Waals surface area contributed by atoms with Crippen molar-refractivity contribution in [2.75, 3.05) is 23.4 Å². The van der Waals surface area contributed by atoms with Crippen molar-refractivity contribution in [3.8, 4) is 5.75 Å². The van der Waals surface area contributed by atoms with Crippen molar-refractivity contribution in [2.24, 2.45) is 0 Å². The topological polar surface area (TPSA) is 38.3 Å². The maximum atomic E-state index is 13.4. The first kappa shape index (κ1) is 16.3. The van der Waals surface area contributed by atoms with Crippen LogP contribution in [0, 0.1) is 11.6 Å². The monoisotopic (exact) mass is 323 g/mol. The van der Waals surface area contributed by atoms with Crippen molar-refractivity contribution in [1.82, 2.24) is 0 Å². The van der Waals surface area contributed by atoms with E-state index in [1.165, 1.54) is 11.8 Å². The summed E-state index contributed by atoms with van der Waals surface area (Å²) >= 11 is 1.36. The molecule has 0 radical (unpaired) electrons. The van der Waals surface area contributed by atoms with Crippen LogP contribution in [0.3, 0.4) is 0 Å². The van der Waals surface area contributed by atoms with Gasteiger partial charge in [-0.2, -0.15) is 0 Å². The molecule has 0 saturated carbocycles. The standard InChI is InChI=1S/C16H15F2NO2S/c17-12-6-7-14(18)15(10-12)19-16(20)11-22-9-8-21-13-4-2-1-3-5-13/h1-7,10H,8-9,11H2,(H,19,20). The normalized spacial score (nSPS) is 10.3. The zero-order valence-electron chi connectivity index (χ0n) is 11.7. The molecule has 6 heteroatoms. The van der Waals surface area contributed by atoms with Crippen molar-refractivity contribution >= 4 is 23.4 Å². The van der Waals surface area contributed by atoms with Gasteiger partial charge in [-0.05, 0) is 24.3 Å². The van der Waals surface area contributed by atoms with E-state index in [2.05, 4.69) is 5.32 Å². The minimum atomic E-state index is -0.660. The molecule has 116 valence electrons. The summed E-state index contributed by atoms with van der Waals surface area (Å²) in [6, 6.07) is 12.3. The van der Waals surface area contributed by atoms with Crippen LogP contribution in [0.5, 0.6) is 5.75 Å². The zero-order valence-corrected chi connectivity index (χ0v) is 12.5. The second-order valence-electron chi connectivity index (χ2n) is 4.39. The lowest BCUT2D eigenvalue weighted by atomic mass is 10.3. The number of hydrogen-bond donors (Lipinski definition) is 1. The van der Waals surface area contributed by atoms with E-state index in [1.807, 2.05) is 30.3 Å². The SMILES string of the molecule is O=C(CSCCOc1ccccc1)Nc1cc(F)ccc1F. The van der Waals surface area contributed by atoms with Gasteiger partial charge in [-0.15, -0.1) is 11.8 Å². The van der Waals surface area contributed by atoms with Crippen molar-refractivity contribution in [2.45, 2.75) is 0 Å². The molecule has 3 nitrogen and oxygen atoms in total. The lowest BCUT2D eigenvalue weighted by Crippen LogP contribution is -2.16. The van der Waals surface area contributed by atoms with Crippen LogP contribution in [0.1, 0.15) is 0 Å². The molecule has 2 rings (SSSR count). The number of anilines is 1. The molecule has 0 spiro atoms. The number of ether oxygens (including phenoxy) is 1. The van der Waals surface area contributed by atoms with Gasteiger partial charge in [0.15, 0.2) is 0 Å². The van der Waals surface area contributed by atoms with Crippen molar-refractivity contribution < 1.29 is 18.3 Å². The van der Waals surface area contributed by atoms with Gasteiger partial charge < -0.3 is 10.1 Å². The van der Waals surface area contributed by atoms with E-state index >= 15 is 0 Å². The largest absolute Gasteiger partial charge is 0.493 e. The minimum absolute atomic E-state index is 0.147. The molecule has 1 N–H and O–H groups in total. The van der Waals surface area contributed by atoms with Gasteiger partial charge in [0.1, 0.15) is 17.4 Å². The average Bonchev–Trinajstić information content (AvgIpc) is 2.51. The van der Waals surface area contributed by atoms with Gasteiger partial charge in [0.2, 0.25) is 5.91 Å². The zero-order chi connectivity index (χ0) is 15.8. The molecule has 0 fully saturated rings. The van der Waals surface area contributed by atoms with Crippen LogP contribution in [0.2, 0.25) is 0 Å². The van der Waals surface area contributed by atoms with Crippen molar-refractivity contribution in [1.29, 1.82) is 0 Å². The fourth-order valence-electron chi connectivity index (χ4n) is 1.68. The lowest BCUT2D eigenvalue weighted by Gasteiger charge is -2.07. The first-order valence-corrected chi connectivity index (χ1v) is 7.81. The van der Waals surface area contributed by atoms with E-state index < -0.39 is 11.6 Å². The predicted octanol–water partition coefficient (Wildman–Crippen LogP) is 3.72. The van der Waals surface area contributed by atoms with Gasteiger partial charge in [0, 0.05) is 11.8 Å². The van der Waals surface area contributed by atoms with Crippen molar-refractivity contribution in [3.05, 3.63) is 60.2 Å². The summed E-state index contributed by atoms with van der Waals surface area (Å²) in [4.78, 5) is 11.6. The van der Waals surface area contributed by atoms with Crippen LogP contribution >= 0.6 is 11.8 Å². The Morgan fingerprint density at radius 1 is 1.14 bits per heavy atom. The number of halogens is 2. The molecule has 0 aromatic heterocycles. The molecular formula is C16H15F2NO2S. The quantitative estimate of drug-likeness (QED) is 0.789. The maximum Gasteiger partial charge on any atom is 0.234 e. The van der Waals surface area contributed by atoms with Crippen LogP contribution in [0.25, 0.3) is 0 Å². The molecule has 22 heavy (non-hydrogen) atoms. The molecule has 0 saturated heterocycles. The molecular weight excluding hydrogens is 308 g/mol. The number of carbonyl (C=O) groups excluding carboxylic acids is 1. The summed E-state index contributed by atoms with van der Waals surface area (Å²) in [5.41, 5.74) is -0.147. The second-order valence-corrected chi connectivity index (χ2v) is 5.49. The highest BCUT2D eigenvalue weighted by Crippen LogP contribution is 2.16. The first-order valence-electron chi connectivity index (χ1n) is 6.65. The molecule has 0 bridgehead atoms. The van der Waals surface area contributed by atoms with Gasteiger partial charge in [-0.25, -0.2) is 8.78 Å². The van der Waals surface area contributed by atoms with Crippen LogP contribution in [0.4, 0.5) is 14.5 Å². The van der Waals surface area contributed by atoms with Gasteiger partial charge in [0.25, 0.3) is 0 Å². The lowest BCUT2D eigenvalue weighted by molar-refractivity contribution is -0.113. The minimum Gasteiger partial charge on any atom is -0.493 e. The first-order chi connectivity index (χ1) is 10.6. The molecule has 0 aliphatic carbocycles. The Bertz CT molecular complexity index is 623. The molecule has 0 heterocycles. The van der Waals surface area contributed by atoms with E-state index in [4.69, 9.17) is 4.74 Å². The summed E-state index contributed by atoms with van der Waals surface area (Å²) in [6.07, 6.45) is 0. The number of thioether (sulfide) groups is 1. The van der Waals surface area contributed by atoms with Gasteiger partial charge in [-0.1, -0.05) is 18.2 Å². The molecule has 0 aliphatic heterocycles. The number of rotatable bonds is 7. The van der Waals surface area contributed by atoms with Crippen LogP contribution < -0.4 is 10.1 Å². The fourth-order valence-corrected chi connectivity index (χ4v) is 2.28. The maximum absolute atomic E-state index is 13.4. The van der Waals surface area contributed by atoms with E-state index in [0.717, 1.165) is 23.9 Å². The summed E-state index contributed by atoms with van der Waals surface area (Å²) < 4.78 is 31.8. The molecule has 0 aliphatic rings. The highest BCUT2D eigenvalue weighted by atomic mass is 32.2. The summed E-state index contributed by atoms with van der Waals surface area (Å²) in [5, 5.41) is 2.34. The number of benzene rings is 2. The Morgan fingerprint density at radius 3 is 2.68 bits per heavy atom. The Hall–Kier alpha value is -2.08. The van der Waals surface area contributed by atoms with Crippen LogP contribution in [-0.2, 0) is 4.79 Å². The second kappa shape index (κ2) is 8.38. The third-order valence-electron chi connectivity index (χ3n) is 2.68. The van der Waals surface area contributed by atoms with Crippen LogP contribution in [-0.4, -0.2) is 24.0 Å². The third kappa shape index (κ3) is 5.37. The van der Waals surface area contributed by atoms with E-state index in [-0.39, 0.29) is 17.3 Å². The van der Waals surface area contributed by atoms with Crippen LogP contribution in [0.15, 0.2) is 48.5 Å². The number of amides is 1. The Balaban J connectivity index is 1.66. The highest BCUT2D eigenvalue weighted by Gasteiger charge is 2.08. The van der Waals surface area contributed by atoms with E-state index in [0.29, 0.717) is 12.4 Å². The smallest absolute Gasteiger partial charge is 0.234 e. The third-order valence-corrected chi connectivity index (χ3v) is 3.60. The van der Waals surface area contributed by atoms with E-state index in [1.54, 1.807) is 0 Å². The van der Waals surface area contributed by atoms with Gasteiger partial charge >= 0.3 is 0 Å². The Labute approximate surface area is 131 Å². The molecule has 2 aromatic rings. The van der Waals surface area contributed by atoms with Gasteiger partial charge in [-0.3, -0.25) is 4.79 Å². The predicted molar refractivity (Wildman–Crippen MR) is 84.2 cm³/mol. The molecule has 0 atom stereocenters. The van der Waals surface area contributed by atoms with Crippen molar-refractivity contribution in [3.63, 3.8) is 0 Å². The summed E-state index contributed by atoms with van der Waals surface area (Å²) in [5.74, 6) is -0.0985. The number of para-hydroxylation sites is 1. The number of nitrogens with one attached hydrogen (secondary N) is 1. The number of hydrogen-bond acceptors (Lipinski definition) is 3. The average molecular weight is 323 g/mol. The highest BCUT2D eigenvalue weighted by molar-refractivity contribution is 7.99. The van der Waals surface area contributed by atoms with E-state index in [9.17, 15) is 13.6 Å².